The molecule has 2 aliphatic rings. The first-order valence-electron chi connectivity index (χ1n) is 8.40. The van der Waals surface area contributed by atoms with Gasteiger partial charge in [0.15, 0.2) is 5.65 Å². The molecule has 6 nitrogen and oxygen atoms in total. The third-order valence-electron chi connectivity index (χ3n) is 4.91. The Labute approximate surface area is 135 Å². The van der Waals surface area contributed by atoms with Crippen LogP contribution in [-0.2, 0) is 24.6 Å². The number of carbonyl (C=O) groups is 1. The van der Waals surface area contributed by atoms with Gasteiger partial charge in [0.05, 0.1) is 22.7 Å². The number of aromatic nitrogens is 3. The zero-order valence-electron chi connectivity index (χ0n) is 13.7. The fourth-order valence-corrected chi connectivity index (χ4v) is 3.82. The molecule has 1 atom stereocenters. The van der Waals surface area contributed by atoms with E-state index in [0.717, 1.165) is 72.3 Å². The lowest BCUT2D eigenvalue weighted by molar-refractivity contribution is 0.0858. The fourth-order valence-electron chi connectivity index (χ4n) is 3.82. The first-order valence-corrected chi connectivity index (χ1v) is 8.40. The Morgan fingerprint density at radius 3 is 3.04 bits per heavy atom. The second-order valence-corrected chi connectivity index (χ2v) is 6.52. The molecule has 1 N–H and O–H groups in total. The molecule has 122 valence electrons. The van der Waals surface area contributed by atoms with Crippen molar-refractivity contribution >= 4 is 16.9 Å². The van der Waals surface area contributed by atoms with Crippen LogP contribution < -0.4 is 5.32 Å². The van der Waals surface area contributed by atoms with Gasteiger partial charge in [0, 0.05) is 25.9 Å². The summed E-state index contributed by atoms with van der Waals surface area (Å²) >= 11 is 0. The Morgan fingerprint density at radius 2 is 2.26 bits per heavy atom. The van der Waals surface area contributed by atoms with E-state index in [1.807, 2.05) is 14.0 Å². The van der Waals surface area contributed by atoms with Crippen molar-refractivity contribution in [3.63, 3.8) is 0 Å². The van der Waals surface area contributed by atoms with Crippen molar-refractivity contribution in [3.8, 4) is 0 Å². The molecular weight excluding hydrogens is 292 g/mol. The van der Waals surface area contributed by atoms with Crippen LogP contribution in [0.2, 0.25) is 0 Å². The number of ether oxygens (including phenoxy) is 1. The number of rotatable bonds is 3. The second kappa shape index (κ2) is 5.60. The molecule has 2 aromatic heterocycles. The zero-order chi connectivity index (χ0) is 16.0. The number of carbonyl (C=O) groups excluding carboxylic acids is 1. The maximum absolute atomic E-state index is 12.9. The summed E-state index contributed by atoms with van der Waals surface area (Å²) in [6.07, 6.45) is 5.19. The Hall–Kier alpha value is -1.95. The van der Waals surface area contributed by atoms with Gasteiger partial charge in [0.1, 0.15) is 0 Å². The topological polar surface area (TPSA) is 69.0 Å². The van der Waals surface area contributed by atoms with Crippen molar-refractivity contribution in [2.75, 3.05) is 13.2 Å². The summed E-state index contributed by atoms with van der Waals surface area (Å²) in [4.78, 5) is 17.7. The van der Waals surface area contributed by atoms with E-state index in [2.05, 4.69) is 10.4 Å². The highest BCUT2D eigenvalue weighted by molar-refractivity contribution is 6.08. The molecule has 1 saturated heterocycles. The maximum atomic E-state index is 12.9. The van der Waals surface area contributed by atoms with E-state index in [-0.39, 0.29) is 12.0 Å². The molecule has 1 fully saturated rings. The number of amides is 1. The maximum Gasteiger partial charge on any atom is 0.252 e. The van der Waals surface area contributed by atoms with E-state index in [9.17, 15) is 4.79 Å². The molecule has 0 aromatic carbocycles. The largest absolute Gasteiger partial charge is 0.376 e. The summed E-state index contributed by atoms with van der Waals surface area (Å²) in [5.74, 6) is -0.0119. The minimum absolute atomic E-state index is 0.0119. The molecule has 3 heterocycles. The summed E-state index contributed by atoms with van der Waals surface area (Å²) < 4.78 is 7.38. The summed E-state index contributed by atoms with van der Waals surface area (Å²) in [6, 6.07) is 0. The molecule has 4 rings (SSSR count). The van der Waals surface area contributed by atoms with Gasteiger partial charge in [-0.05, 0) is 44.6 Å². The van der Waals surface area contributed by atoms with Crippen molar-refractivity contribution < 1.29 is 9.53 Å². The average Bonchev–Trinajstić information content (AvgIpc) is 3.25. The van der Waals surface area contributed by atoms with Crippen LogP contribution in [0.5, 0.6) is 0 Å². The number of hydrogen-bond donors (Lipinski definition) is 1. The van der Waals surface area contributed by atoms with Crippen LogP contribution in [0.4, 0.5) is 0 Å². The van der Waals surface area contributed by atoms with Crippen molar-refractivity contribution in [2.24, 2.45) is 7.05 Å². The second-order valence-electron chi connectivity index (χ2n) is 6.52. The number of aryl methyl sites for hydroxylation is 3. The van der Waals surface area contributed by atoms with E-state index < -0.39 is 0 Å². The van der Waals surface area contributed by atoms with Crippen molar-refractivity contribution in [1.29, 1.82) is 0 Å². The van der Waals surface area contributed by atoms with Gasteiger partial charge in [-0.2, -0.15) is 5.10 Å². The van der Waals surface area contributed by atoms with Crippen molar-refractivity contribution in [2.45, 2.75) is 45.1 Å². The van der Waals surface area contributed by atoms with Crippen LogP contribution in [0.15, 0.2) is 0 Å². The quantitative estimate of drug-likeness (QED) is 0.936. The Bertz CT molecular complexity index is 775. The molecular formula is C17H22N4O2. The van der Waals surface area contributed by atoms with Crippen molar-refractivity contribution in [3.05, 3.63) is 22.5 Å². The van der Waals surface area contributed by atoms with E-state index in [4.69, 9.17) is 9.72 Å². The van der Waals surface area contributed by atoms with E-state index in [0.29, 0.717) is 6.54 Å². The molecule has 0 bridgehead atoms. The average molecular weight is 314 g/mol. The summed E-state index contributed by atoms with van der Waals surface area (Å²) in [6.45, 7) is 3.33. The van der Waals surface area contributed by atoms with E-state index in [1.165, 1.54) is 0 Å². The first-order chi connectivity index (χ1) is 11.1. The lowest BCUT2D eigenvalue weighted by Gasteiger charge is -2.14. The molecule has 1 amide bonds. The minimum Gasteiger partial charge on any atom is -0.376 e. The van der Waals surface area contributed by atoms with Crippen LogP contribution >= 0.6 is 0 Å². The van der Waals surface area contributed by atoms with Gasteiger partial charge in [0.25, 0.3) is 5.91 Å². The lowest BCUT2D eigenvalue weighted by atomic mass is 10.0. The lowest BCUT2D eigenvalue weighted by Crippen LogP contribution is -2.32. The molecule has 0 radical (unpaired) electrons. The molecule has 23 heavy (non-hydrogen) atoms. The summed E-state index contributed by atoms with van der Waals surface area (Å²) in [5.41, 5.74) is 4.63. The van der Waals surface area contributed by atoms with E-state index in [1.54, 1.807) is 4.68 Å². The molecule has 2 aromatic rings. The SMILES string of the molecule is Cc1nn(C)c2nc3c(c(C(=O)NC[C@H]4CCCO4)c12)CCC3. The minimum atomic E-state index is -0.0119. The Morgan fingerprint density at radius 1 is 1.39 bits per heavy atom. The number of nitrogens with zero attached hydrogens (tertiary/aromatic N) is 3. The van der Waals surface area contributed by atoms with Gasteiger partial charge in [-0.1, -0.05) is 0 Å². The molecule has 1 aliphatic heterocycles. The fraction of sp³-hybridized carbons (Fsp3) is 0.588. The molecule has 1 aliphatic carbocycles. The summed E-state index contributed by atoms with van der Waals surface area (Å²) in [7, 11) is 1.89. The van der Waals surface area contributed by atoms with Gasteiger partial charge in [0.2, 0.25) is 0 Å². The number of nitrogens with one attached hydrogen (secondary N) is 1. The van der Waals surface area contributed by atoms with Gasteiger partial charge >= 0.3 is 0 Å². The number of hydrogen-bond acceptors (Lipinski definition) is 4. The monoisotopic (exact) mass is 314 g/mol. The van der Waals surface area contributed by atoms with Gasteiger partial charge < -0.3 is 10.1 Å². The molecule has 0 unspecified atom stereocenters. The molecule has 0 spiro atoms. The number of fused-ring (bicyclic) bond motifs is 2. The highest BCUT2D eigenvalue weighted by Gasteiger charge is 2.27. The standard InChI is InChI=1S/C17H22N4O2/c1-10-14-15(17(22)18-9-11-5-4-8-23-11)12-6-3-7-13(12)19-16(14)21(2)20-10/h11H,3-9H2,1-2H3,(H,18,22)/t11-/m1/s1. The Kier molecular flexibility index (Phi) is 3.56. The predicted molar refractivity (Wildman–Crippen MR) is 86.6 cm³/mol. The van der Waals surface area contributed by atoms with Crippen LogP contribution in [0.3, 0.4) is 0 Å². The molecule has 0 saturated carbocycles. The Balaban J connectivity index is 1.73. The number of pyridine rings is 1. The van der Waals surface area contributed by atoms with Crippen LogP contribution in [0.1, 0.15) is 46.6 Å². The highest BCUT2D eigenvalue weighted by Crippen LogP contribution is 2.31. The van der Waals surface area contributed by atoms with Gasteiger partial charge in [-0.3, -0.25) is 9.48 Å². The van der Waals surface area contributed by atoms with Crippen LogP contribution in [-0.4, -0.2) is 39.9 Å². The normalized spacial score (nSPS) is 20.2. The van der Waals surface area contributed by atoms with Crippen LogP contribution in [0.25, 0.3) is 11.0 Å². The smallest absolute Gasteiger partial charge is 0.252 e. The van der Waals surface area contributed by atoms with Crippen molar-refractivity contribution in [1.82, 2.24) is 20.1 Å². The highest BCUT2D eigenvalue weighted by atomic mass is 16.5. The van der Waals surface area contributed by atoms with Crippen LogP contribution in [0, 0.1) is 6.92 Å². The predicted octanol–water partition coefficient (Wildman–Crippen LogP) is 1.67. The zero-order valence-corrected chi connectivity index (χ0v) is 13.7. The van der Waals surface area contributed by atoms with Gasteiger partial charge in [-0.15, -0.1) is 0 Å². The third-order valence-corrected chi connectivity index (χ3v) is 4.91. The van der Waals surface area contributed by atoms with Gasteiger partial charge in [-0.25, -0.2) is 4.98 Å². The summed E-state index contributed by atoms with van der Waals surface area (Å²) in [5, 5.41) is 8.43. The molecule has 6 heteroatoms. The third kappa shape index (κ3) is 2.41. The van der Waals surface area contributed by atoms with E-state index >= 15 is 0 Å². The first kappa shape index (κ1) is 14.6.